The van der Waals surface area contributed by atoms with Crippen molar-refractivity contribution in [2.24, 2.45) is 0 Å². The van der Waals surface area contributed by atoms with Gasteiger partial charge in [0.25, 0.3) is 0 Å². The Morgan fingerprint density at radius 1 is 1.05 bits per heavy atom. The van der Waals surface area contributed by atoms with Crippen molar-refractivity contribution in [3.05, 3.63) is 41.4 Å². The van der Waals surface area contributed by atoms with Crippen LogP contribution in [0.5, 0.6) is 5.75 Å². The minimum Gasteiger partial charge on any atom is -0.486 e. The van der Waals surface area contributed by atoms with Crippen LogP contribution in [0, 0.1) is 0 Å². The number of ether oxygens (including phenoxy) is 1. The molecule has 4 heteroatoms. The van der Waals surface area contributed by atoms with E-state index in [-0.39, 0.29) is 0 Å². The van der Waals surface area contributed by atoms with Crippen molar-refractivity contribution < 1.29 is 14.5 Å². The summed E-state index contributed by atoms with van der Waals surface area (Å²) in [5, 5.41) is 2.95. The molecule has 1 fully saturated rings. The highest BCUT2D eigenvalue weighted by atomic mass is 35.5. The minimum absolute atomic E-state index is 0.728. The monoisotopic (exact) mass is 306 g/mol. The lowest BCUT2D eigenvalue weighted by molar-refractivity contribution is -1.00. The van der Waals surface area contributed by atoms with Crippen LogP contribution in [0.3, 0.4) is 0 Å². The van der Waals surface area contributed by atoms with E-state index in [9.17, 15) is 0 Å². The first kappa shape index (κ1) is 14.6. The van der Waals surface area contributed by atoms with Gasteiger partial charge in [0, 0.05) is 5.39 Å². The topological polar surface area (TPSA) is 18.1 Å². The molecule has 0 aliphatic carbocycles. The molecule has 0 atom stereocenters. The largest absolute Gasteiger partial charge is 0.486 e. The minimum atomic E-state index is 0.728. The summed E-state index contributed by atoms with van der Waals surface area (Å²) in [4.78, 5) is 3.27. The molecule has 0 spiro atoms. The molecule has 2 aromatic rings. The molecule has 0 unspecified atom stereocenters. The second-order valence-corrected chi connectivity index (χ2v) is 6.28. The third-order valence-corrected chi connectivity index (χ3v) is 4.74. The zero-order valence-electron chi connectivity index (χ0n) is 12.5. The molecular formula is C17H23ClN2O+2. The van der Waals surface area contributed by atoms with Crippen LogP contribution in [0.4, 0.5) is 0 Å². The molecule has 0 aromatic heterocycles. The summed E-state index contributed by atoms with van der Waals surface area (Å²) in [5.74, 6) is 0.800. The second kappa shape index (κ2) is 6.65. The van der Waals surface area contributed by atoms with Gasteiger partial charge in [0.2, 0.25) is 0 Å². The van der Waals surface area contributed by atoms with Gasteiger partial charge < -0.3 is 14.5 Å². The molecule has 2 N–H and O–H groups in total. The van der Waals surface area contributed by atoms with Crippen LogP contribution < -0.4 is 14.5 Å². The summed E-state index contributed by atoms with van der Waals surface area (Å²) < 4.78 is 5.91. The van der Waals surface area contributed by atoms with E-state index in [0.717, 1.165) is 34.7 Å². The van der Waals surface area contributed by atoms with Crippen molar-refractivity contribution in [3.63, 3.8) is 0 Å². The number of rotatable bonds is 4. The van der Waals surface area contributed by atoms with Gasteiger partial charge in [-0.15, -0.1) is 0 Å². The predicted octanol–water partition coefficient (Wildman–Crippen LogP) is 0.285. The molecule has 0 radical (unpaired) electrons. The van der Waals surface area contributed by atoms with E-state index < -0.39 is 0 Å². The molecule has 0 saturated carbocycles. The van der Waals surface area contributed by atoms with E-state index in [2.05, 4.69) is 19.2 Å². The quantitative estimate of drug-likeness (QED) is 0.831. The third-order valence-electron chi connectivity index (χ3n) is 4.35. The maximum absolute atomic E-state index is 6.45. The van der Waals surface area contributed by atoms with Gasteiger partial charge in [0.1, 0.15) is 45.1 Å². The summed E-state index contributed by atoms with van der Waals surface area (Å²) >= 11 is 6.45. The molecule has 0 bridgehead atoms. The van der Waals surface area contributed by atoms with Gasteiger partial charge in [0.15, 0.2) is 0 Å². The number of hydrogen-bond acceptors (Lipinski definition) is 1. The van der Waals surface area contributed by atoms with Crippen molar-refractivity contribution in [3.8, 4) is 5.75 Å². The molecule has 3 nitrogen and oxygen atoms in total. The molecular weight excluding hydrogens is 284 g/mol. The zero-order valence-corrected chi connectivity index (χ0v) is 13.2. The lowest BCUT2D eigenvalue weighted by Gasteiger charge is -2.27. The predicted molar refractivity (Wildman–Crippen MR) is 86.6 cm³/mol. The van der Waals surface area contributed by atoms with Crippen molar-refractivity contribution in [1.29, 1.82) is 0 Å². The summed E-state index contributed by atoms with van der Waals surface area (Å²) in [5.41, 5.74) is 0. The molecule has 1 saturated heterocycles. The third kappa shape index (κ3) is 3.49. The number of halogens is 1. The van der Waals surface area contributed by atoms with E-state index in [4.69, 9.17) is 16.3 Å². The smallest absolute Gasteiger partial charge is 0.138 e. The van der Waals surface area contributed by atoms with Crippen LogP contribution in [0.25, 0.3) is 10.8 Å². The van der Waals surface area contributed by atoms with Crippen LogP contribution in [-0.4, -0.2) is 46.4 Å². The summed E-state index contributed by atoms with van der Waals surface area (Å²) in [6.45, 7) is 6.77. The zero-order chi connectivity index (χ0) is 14.7. The average Bonchev–Trinajstić information content (AvgIpc) is 2.52. The Balaban J connectivity index is 1.59. The number of quaternary nitrogens is 2. The fourth-order valence-electron chi connectivity index (χ4n) is 2.91. The van der Waals surface area contributed by atoms with E-state index >= 15 is 0 Å². The Hall–Kier alpha value is -1.29. The summed E-state index contributed by atoms with van der Waals surface area (Å²) in [6, 6.07) is 12.2. The second-order valence-electron chi connectivity index (χ2n) is 5.90. The van der Waals surface area contributed by atoms with Gasteiger partial charge in [-0.3, -0.25) is 0 Å². The van der Waals surface area contributed by atoms with E-state index in [0.29, 0.717) is 0 Å². The van der Waals surface area contributed by atoms with Gasteiger partial charge in [0.05, 0.1) is 12.1 Å². The number of fused-ring (bicyclic) bond motifs is 1. The maximum atomic E-state index is 6.45. The van der Waals surface area contributed by atoms with E-state index in [1.807, 2.05) is 24.3 Å². The van der Waals surface area contributed by atoms with Crippen LogP contribution in [0.1, 0.15) is 0 Å². The summed E-state index contributed by atoms with van der Waals surface area (Å²) in [6.07, 6.45) is 0. The number of nitrogens with one attached hydrogen (secondary N) is 2. The highest BCUT2D eigenvalue weighted by Crippen LogP contribution is 2.32. The van der Waals surface area contributed by atoms with Crippen molar-refractivity contribution in [2.75, 3.05) is 46.4 Å². The molecule has 1 aliphatic heterocycles. The van der Waals surface area contributed by atoms with E-state index in [1.54, 1.807) is 9.80 Å². The highest BCUT2D eigenvalue weighted by molar-refractivity contribution is 6.37. The van der Waals surface area contributed by atoms with Crippen molar-refractivity contribution in [2.45, 2.75) is 0 Å². The van der Waals surface area contributed by atoms with Crippen LogP contribution in [0.2, 0.25) is 5.02 Å². The van der Waals surface area contributed by atoms with Crippen molar-refractivity contribution >= 4 is 22.4 Å². The molecule has 21 heavy (non-hydrogen) atoms. The first-order valence-corrected chi connectivity index (χ1v) is 8.07. The number of benzene rings is 2. The van der Waals surface area contributed by atoms with Gasteiger partial charge >= 0.3 is 0 Å². The number of hydrogen-bond donors (Lipinski definition) is 2. The molecule has 1 heterocycles. The normalized spacial score (nSPS) is 22.4. The average molecular weight is 307 g/mol. The molecule has 112 valence electrons. The SMILES string of the molecule is C[NH+]1CC[NH+](CCOc2ccc3ccccc3c2Cl)CC1. The summed E-state index contributed by atoms with van der Waals surface area (Å²) in [7, 11) is 2.27. The van der Waals surface area contributed by atoms with Gasteiger partial charge in [-0.2, -0.15) is 0 Å². The van der Waals surface area contributed by atoms with Gasteiger partial charge in [-0.1, -0.05) is 41.9 Å². The van der Waals surface area contributed by atoms with Crippen molar-refractivity contribution in [1.82, 2.24) is 0 Å². The number of piperazine rings is 1. The molecule has 2 aromatic carbocycles. The van der Waals surface area contributed by atoms with E-state index in [1.165, 1.54) is 26.2 Å². The Kier molecular flexibility index (Phi) is 4.63. The lowest BCUT2D eigenvalue weighted by Crippen LogP contribution is -3.27. The van der Waals surface area contributed by atoms with Gasteiger partial charge in [-0.05, 0) is 11.5 Å². The Morgan fingerprint density at radius 3 is 2.62 bits per heavy atom. The first-order chi connectivity index (χ1) is 10.2. The molecule has 1 aliphatic rings. The number of likely N-dealkylation sites (N-methyl/N-ethyl adjacent to an activating group) is 1. The van der Waals surface area contributed by atoms with Crippen LogP contribution in [-0.2, 0) is 0 Å². The lowest BCUT2D eigenvalue weighted by atomic mass is 10.1. The Labute approximate surface area is 131 Å². The highest BCUT2D eigenvalue weighted by Gasteiger charge is 2.19. The molecule has 3 rings (SSSR count). The Morgan fingerprint density at radius 2 is 1.81 bits per heavy atom. The fourth-order valence-corrected chi connectivity index (χ4v) is 3.20. The van der Waals surface area contributed by atoms with Gasteiger partial charge in [-0.25, -0.2) is 0 Å². The first-order valence-electron chi connectivity index (χ1n) is 7.69. The fraction of sp³-hybridized carbons (Fsp3) is 0.412. The Bertz CT molecular complexity index is 609. The standard InChI is InChI=1S/C17H21ClN2O/c1-19-8-10-20(11-9-19)12-13-21-16-7-6-14-4-2-3-5-15(14)17(16)18/h2-7H,8-13H2,1H3/p+2. The van der Waals surface area contributed by atoms with Crippen LogP contribution in [0.15, 0.2) is 36.4 Å². The molecule has 0 amide bonds. The maximum Gasteiger partial charge on any atom is 0.138 e. The van der Waals surface area contributed by atoms with Crippen LogP contribution >= 0.6 is 11.6 Å².